The summed E-state index contributed by atoms with van der Waals surface area (Å²) in [5.74, 6) is 0.329. The quantitative estimate of drug-likeness (QED) is 0.861. The third-order valence-electron chi connectivity index (χ3n) is 3.14. The van der Waals surface area contributed by atoms with E-state index < -0.39 is 0 Å². The highest BCUT2D eigenvalue weighted by atomic mass is 16.1. The van der Waals surface area contributed by atoms with E-state index in [1.165, 1.54) is 6.20 Å². The number of hydrogen-bond donors (Lipinski definition) is 2. The molecule has 96 valence electrons. The van der Waals surface area contributed by atoms with E-state index in [2.05, 4.69) is 20.6 Å². The van der Waals surface area contributed by atoms with Crippen LogP contribution in [0.15, 0.2) is 36.8 Å². The van der Waals surface area contributed by atoms with E-state index >= 15 is 0 Å². The third-order valence-corrected chi connectivity index (χ3v) is 3.14. The fourth-order valence-corrected chi connectivity index (χ4v) is 2.27. The van der Waals surface area contributed by atoms with Crippen LogP contribution in [-0.4, -0.2) is 22.4 Å². The van der Waals surface area contributed by atoms with E-state index in [0.717, 1.165) is 30.6 Å². The first-order valence-electron chi connectivity index (χ1n) is 6.28. The number of nitrogens with one attached hydrogen (secondary N) is 2. The Balaban J connectivity index is 1.88. The summed E-state index contributed by atoms with van der Waals surface area (Å²) in [6.45, 7) is 0.961. The minimum absolute atomic E-state index is 0.138. The Morgan fingerprint density at radius 2 is 2.26 bits per heavy atom. The highest BCUT2D eigenvalue weighted by Crippen LogP contribution is 2.25. The molecule has 19 heavy (non-hydrogen) atoms. The van der Waals surface area contributed by atoms with Crippen molar-refractivity contribution in [1.82, 2.24) is 9.97 Å². The lowest BCUT2D eigenvalue weighted by Crippen LogP contribution is -2.19. The standard InChI is InChI=1S/C14H14N4O/c19-14(18-13-9-15-7-8-17-13)11-3-1-5-12-10(11)4-2-6-16-12/h1,3,5,7-9,16H,2,4,6H2,(H,17,18,19). The maximum Gasteiger partial charge on any atom is 0.257 e. The molecule has 2 N–H and O–H groups in total. The molecule has 1 aromatic heterocycles. The Morgan fingerprint density at radius 1 is 1.32 bits per heavy atom. The normalized spacial score (nSPS) is 13.3. The van der Waals surface area contributed by atoms with Crippen LogP contribution in [0.25, 0.3) is 0 Å². The summed E-state index contributed by atoms with van der Waals surface area (Å²) in [6.07, 6.45) is 6.63. The van der Waals surface area contributed by atoms with Crippen LogP contribution < -0.4 is 10.6 Å². The molecular weight excluding hydrogens is 240 g/mol. The molecule has 5 heteroatoms. The molecular formula is C14H14N4O. The molecule has 0 atom stereocenters. The predicted molar refractivity (Wildman–Crippen MR) is 73.2 cm³/mol. The van der Waals surface area contributed by atoms with Gasteiger partial charge >= 0.3 is 0 Å². The molecule has 3 rings (SSSR count). The van der Waals surface area contributed by atoms with Crippen LogP contribution in [0, 0.1) is 0 Å². The summed E-state index contributed by atoms with van der Waals surface area (Å²) in [5, 5.41) is 6.08. The van der Waals surface area contributed by atoms with Gasteiger partial charge in [0.15, 0.2) is 5.82 Å². The first-order valence-corrected chi connectivity index (χ1v) is 6.28. The van der Waals surface area contributed by atoms with Crippen LogP contribution in [0.1, 0.15) is 22.3 Å². The van der Waals surface area contributed by atoms with Gasteiger partial charge in [-0.15, -0.1) is 0 Å². The first-order chi connectivity index (χ1) is 9.34. The average Bonchev–Trinajstić information content (AvgIpc) is 2.47. The molecule has 0 saturated heterocycles. The summed E-state index contributed by atoms with van der Waals surface area (Å²) in [6, 6.07) is 5.74. The van der Waals surface area contributed by atoms with Crippen LogP contribution in [0.5, 0.6) is 0 Å². The van der Waals surface area contributed by atoms with Crippen molar-refractivity contribution in [2.24, 2.45) is 0 Å². The fourth-order valence-electron chi connectivity index (χ4n) is 2.27. The fraction of sp³-hybridized carbons (Fsp3) is 0.214. The van der Waals surface area contributed by atoms with Gasteiger partial charge in [-0.3, -0.25) is 9.78 Å². The van der Waals surface area contributed by atoms with Crippen molar-refractivity contribution in [3.05, 3.63) is 47.9 Å². The molecule has 0 aliphatic carbocycles. The summed E-state index contributed by atoms with van der Waals surface area (Å²) >= 11 is 0. The highest BCUT2D eigenvalue weighted by Gasteiger charge is 2.17. The lowest BCUT2D eigenvalue weighted by Gasteiger charge is -2.20. The Morgan fingerprint density at radius 3 is 3.11 bits per heavy atom. The molecule has 0 saturated carbocycles. The number of fused-ring (bicyclic) bond motifs is 1. The van der Waals surface area contributed by atoms with Gasteiger partial charge in [-0.2, -0.15) is 0 Å². The Labute approximate surface area is 111 Å². The number of benzene rings is 1. The SMILES string of the molecule is O=C(Nc1cnccn1)c1cccc2c1CCCN2. The van der Waals surface area contributed by atoms with Crippen molar-refractivity contribution in [3.8, 4) is 0 Å². The topological polar surface area (TPSA) is 66.9 Å². The van der Waals surface area contributed by atoms with Crippen molar-refractivity contribution >= 4 is 17.4 Å². The smallest absolute Gasteiger partial charge is 0.257 e. The maximum absolute atomic E-state index is 12.3. The van der Waals surface area contributed by atoms with Crippen LogP contribution in [-0.2, 0) is 6.42 Å². The summed E-state index contributed by atoms with van der Waals surface area (Å²) in [5.41, 5.74) is 2.84. The molecule has 1 aliphatic rings. The lowest BCUT2D eigenvalue weighted by molar-refractivity contribution is 0.102. The minimum Gasteiger partial charge on any atom is -0.385 e. The van der Waals surface area contributed by atoms with Gasteiger partial charge in [-0.25, -0.2) is 4.98 Å². The van der Waals surface area contributed by atoms with Gasteiger partial charge in [0.1, 0.15) is 0 Å². The Bertz CT molecular complexity index is 598. The molecule has 0 spiro atoms. The zero-order valence-electron chi connectivity index (χ0n) is 10.4. The molecule has 0 fully saturated rings. The zero-order valence-corrected chi connectivity index (χ0v) is 10.4. The third kappa shape index (κ3) is 2.40. The summed E-state index contributed by atoms with van der Waals surface area (Å²) in [7, 11) is 0. The van der Waals surface area contributed by atoms with Gasteiger partial charge in [-0.1, -0.05) is 6.07 Å². The number of hydrogen-bond acceptors (Lipinski definition) is 4. The van der Waals surface area contributed by atoms with E-state index in [1.54, 1.807) is 12.4 Å². The molecule has 2 heterocycles. The van der Waals surface area contributed by atoms with Crippen LogP contribution >= 0.6 is 0 Å². The summed E-state index contributed by atoms with van der Waals surface area (Å²) in [4.78, 5) is 20.3. The number of amides is 1. The second-order valence-corrected chi connectivity index (χ2v) is 4.41. The number of nitrogens with zero attached hydrogens (tertiary/aromatic N) is 2. The molecule has 0 bridgehead atoms. The number of rotatable bonds is 2. The van der Waals surface area contributed by atoms with Crippen molar-refractivity contribution in [3.63, 3.8) is 0 Å². The Kier molecular flexibility index (Phi) is 3.10. The second kappa shape index (κ2) is 5.06. The van der Waals surface area contributed by atoms with Crippen molar-refractivity contribution < 1.29 is 4.79 Å². The van der Waals surface area contributed by atoms with Gasteiger partial charge in [0.2, 0.25) is 0 Å². The van der Waals surface area contributed by atoms with Crippen molar-refractivity contribution in [1.29, 1.82) is 0 Å². The second-order valence-electron chi connectivity index (χ2n) is 4.41. The monoisotopic (exact) mass is 254 g/mol. The molecule has 1 aliphatic heterocycles. The van der Waals surface area contributed by atoms with E-state index in [-0.39, 0.29) is 5.91 Å². The summed E-state index contributed by atoms with van der Waals surface area (Å²) < 4.78 is 0. The molecule has 1 amide bonds. The van der Waals surface area contributed by atoms with Gasteiger partial charge in [0, 0.05) is 30.2 Å². The van der Waals surface area contributed by atoms with Crippen molar-refractivity contribution in [2.75, 3.05) is 17.2 Å². The average molecular weight is 254 g/mol. The van der Waals surface area contributed by atoms with E-state index in [0.29, 0.717) is 11.4 Å². The molecule has 5 nitrogen and oxygen atoms in total. The maximum atomic E-state index is 12.3. The highest BCUT2D eigenvalue weighted by molar-refractivity contribution is 6.05. The minimum atomic E-state index is -0.138. The largest absolute Gasteiger partial charge is 0.385 e. The van der Waals surface area contributed by atoms with Crippen LogP contribution in [0.3, 0.4) is 0 Å². The number of anilines is 2. The predicted octanol–water partition coefficient (Wildman–Crippen LogP) is 2.09. The van der Waals surface area contributed by atoms with Gasteiger partial charge < -0.3 is 10.6 Å². The van der Waals surface area contributed by atoms with E-state index in [4.69, 9.17) is 0 Å². The number of carbonyl (C=O) groups excluding carboxylic acids is 1. The molecule has 1 aromatic carbocycles. The van der Waals surface area contributed by atoms with Gasteiger partial charge in [-0.05, 0) is 30.5 Å². The molecule has 2 aromatic rings. The van der Waals surface area contributed by atoms with Gasteiger partial charge in [0.25, 0.3) is 5.91 Å². The lowest BCUT2D eigenvalue weighted by atomic mass is 9.97. The van der Waals surface area contributed by atoms with Crippen LogP contribution in [0.4, 0.5) is 11.5 Å². The van der Waals surface area contributed by atoms with E-state index in [9.17, 15) is 4.79 Å². The Hall–Kier alpha value is -2.43. The number of aromatic nitrogens is 2. The van der Waals surface area contributed by atoms with Gasteiger partial charge in [0.05, 0.1) is 6.20 Å². The zero-order chi connectivity index (χ0) is 13.1. The first kappa shape index (κ1) is 11.6. The van der Waals surface area contributed by atoms with E-state index in [1.807, 2.05) is 18.2 Å². The number of carbonyl (C=O) groups is 1. The molecule has 0 radical (unpaired) electrons. The molecule has 0 unspecified atom stereocenters. The van der Waals surface area contributed by atoms with Crippen molar-refractivity contribution in [2.45, 2.75) is 12.8 Å². The van der Waals surface area contributed by atoms with Crippen LogP contribution in [0.2, 0.25) is 0 Å².